The zero-order valence-electron chi connectivity index (χ0n) is 24.4. The van der Waals surface area contributed by atoms with Crippen LogP contribution in [-0.4, -0.2) is 54.5 Å². The van der Waals surface area contributed by atoms with Gasteiger partial charge in [-0.15, -0.1) is 0 Å². The van der Waals surface area contributed by atoms with Crippen LogP contribution in [0.5, 0.6) is 0 Å². The van der Waals surface area contributed by atoms with Crippen molar-refractivity contribution < 1.29 is 32.7 Å². The van der Waals surface area contributed by atoms with Crippen molar-refractivity contribution in [3.05, 3.63) is 105 Å². The highest BCUT2D eigenvalue weighted by molar-refractivity contribution is 7.88. The van der Waals surface area contributed by atoms with Crippen LogP contribution in [-0.2, 0) is 37.5 Å². The summed E-state index contributed by atoms with van der Waals surface area (Å²) in [6.45, 7) is -0.0362. The van der Waals surface area contributed by atoms with Crippen LogP contribution < -0.4 is 10.2 Å². The van der Waals surface area contributed by atoms with Gasteiger partial charge in [0.2, 0.25) is 10.0 Å². The van der Waals surface area contributed by atoms with E-state index in [-0.39, 0.29) is 24.0 Å². The third-order valence-corrected chi connectivity index (χ3v) is 9.44. The predicted octanol–water partition coefficient (Wildman–Crippen LogP) is 5.01. The van der Waals surface area contributed by atoms with Crippen LogP contribution in [0.1, 0.15) is 70.3 Å². The Morgan fingerprint density at radius 1 is 0.978 bits per heavy atom. The lowest BCUT2D eigenvalue weighted by Crippen LogP contribution is -2.59. The molecule has 238 valence electrons. The highest BCUT2D eigenvalue weighted by Gasteiger charge is 2.49. The average molecular weight is 675 g/mol. The number of benzene rings is 3. The summed E-state index contributed by atoms with van der Waals surface area (Å²) in [4.78, 5) is 46.9. The molecule has 5 rings (SSSR count). The van der Waals surface area contributed by atoms with Crippen LogP contribution in [0.3, 0.4) is 0 Å². The Hall–Kier alpha value is -3.48. The zero-order valence-corrected chi connectivity index (χ0v) is 26.7. The summed E-state index contributed by atoms with van der Waals surface area (Å²) < 4.78 is 27.5. The van der Waals surface area contributed by atoms with Gasteiger partial charge in [0.05, 0.1) is 31.2 Å². The van der Waals surface area contributed by atoms with Gasteiger partial charge in [-0.25, -0.2) is 18.6 Å². The molecule has 0 aromatic heterocycles. The fourth-order valence-electron chi connectivity index (χ4n) is 6.39. The topological polar surface area (TPSA) is 142 Å². The molecule has 1 heterocycles. The molecule has 0 bridgehead atoms. The Morgan fingerprint density at radius 2 is 1.71 bits per heavy atom. The molecule has 1 aliphatic heterocycles. The second-order valence-electron chi connectivity index (χ2n) is 11.4. The number of hydroxylamine groups is 1. The molecule has 13 heteroatoms. The number of carboxylic acid groups (broad SMARTS) is 1. The summed E-state index contributed by atoms with van der Waals surface area (Å²) in [6, 6.07) is 16.5. The SMILES string of the molecule is CS(=O)(=O)N[C@H]1CCCC[C@@H]1N1C(=O)c2ccccc2[C@@H](C(=O)NOCc2cccc(CC(=O)O)c2)[C@@H]1c1ccc(Cl)cc1Cl. The molecular weight excluding hydrogens is 641 g/mol. The molecule has 1 fully saturated rings. The normalized spacial score (nSPS) is 21.7. The standard InChI is InChI=1S/C32H33Cl2N3O7S/c1-45(42,43)36-26-11-4-5-12-27(26)37-30(24-14-13-21(33)17-25(24)34)29(22-9-2-3-10-23(22)32(37)41)31(40)35-44-18-20-8-6-7-19(15-20)16-28(38)39/h2-3,6-10,13-15,17,26-27,29-30,36H,4-5,11-12,16,18H2,1H3,(H,35,40)(H,38,39)/t26-,27-,29+,30-/m0/s1. The van der Waals surface area contributed by atoms with E-state index >= 15 is 0 Å². The molecule has 4 atom stereocenters. The fraction of sp³-hybridized carbons (Fsp3) is 0.344. The Balaban J connectivity index is 1.54. The van der Waals surface area contributed by atoms with Gasteiger partial charge in [0, 0.05) is 27.7 Å². The molecule has 2 amide bonds. The number of hydrogen-bond acceptors (Lipinski definition) is 6. The molecular formula is C32H33Cl2N3O7S. The van der Waals surface area contributed by atoms with Gasteiger partial charge in [0.15, 0.2) is 0 Å². The van der Waals surface area contributed by atoms with Gasteiger partial charge in [-0.2, -0.15) is 0 Å². The third kappa shape index (κ3) is 7.67. The molecule has 3 aromatic rings. The number of sulfonamides is 1. The number of carboxylic acids is 1. The number of hydrogen-bond donors (Lipinski definition) is 3. The van der Waals surface area contributed by atoms with E-state index in [0.717, 1.165) is 19.1 Å². The number of rotatable bonds is 10. The van der Waals surface area contributed by atoms with Gasteiger partial charge in [0.1, 0.15) is 0 Å². The fourth-order valence-corrected chi connectivity index (χ4v) is 7.73. The molecule has 0 unspecified atom stereocenters. The Bertz CT molecular complexity index is 1720. The maximum atomic E-state index is 14.3. The van der Waals surface area contributed by atoms with Gasteiger partial charge in [-0.1, -0.05) is 84.6 Å². The minimum Gasteiger partial charge on any atom is -0.481 e. The summed E-state index contributed by atoms with van der Waals surface area (Å²) in [7, 11) is -3.61. The summed E-state index contributed by atoms with van der Waals surface area (Å²) in [5.41, 5.74) is 5.07. The van der Waals surface area contributed by atoms with Crippen molar-refractivity contribution in [2.45, 2.75) is 62.8 Å². The quantitative estimate of drug-likeness (QED) is 0.257. The number of nitrogens with one attached hydrogen (secondary N) is 2. The van der Waals surface area contributed by atoms with Gasteiger partial charge in [0.25, 0.3) is 11.8 Å². The van der Waals surface area contributed by atoms with Crippen molar-refractivity contribution in [3.8, 4) is 0 Å². The number of amides is 2. The van der Waals surface area contributed by atoms with E-state index in [1.807, 2.05) is 0 Å². The van der Waals surface area contributed by atoms with Crippen molar-refractivity contribution in [2.24, 2.45) is 0 Å². The first kappa shape index (κ1) is 32.9. The number of carbonyl (C=O) groups excluding carboxylic acids is 2. The van der Waals surface area contributed by atoms with E-state index in [1.165, 1.54) is 0 Å². The summed E-state index contributed by atoms with van der Waals surface area (Å²) in [5, 5.41) is 9.75. The van der Waals surface area contributed by atoms with Crippen LogP contribution in [0.4, 0.5) is 0 Å². The van der Waals surface area contributed by atoms with Gasteiger partial charge < -0.3 is 10.0 Å². The molecule has 1 saturated carbocycles. The molecule has 3 N–H and O–H groups in total. The number of halogens is 2. The van der Waals surface area contributed by atoms with Crippen molar-refractivity contribution in [3.63, 3.8) is 0 Å². The lowest BCUT2D eigenvalue weighted by atomic mass is 9.76. The van der Waals surface area contributed by atoms with E-state index < -0.39 is 45.9 Å². The molecule has 0 radical (unpaired) electrons. The van der Waals surface area contributed by atoms with E-state index in [0.29, 0.717) is 45.7 Å². The number of fused-ring (bicyclic) bond motifs is 1. The average Bonchev–Trinajstić information content (AvgIpc) is 2.97. The van der Waals surface area contributed by atoms with Crippen LogP contribution in [0, 0.1) is 0 Å². The number of aliphatic carboxylic acids is 1. The highest BCUT2D eigenvalue weighted by Crippen LogP contribution is 2.47. The molecule has 3 aromatic carbocycles. The summed E-state index contributed by atoms with van der Waals surface area (Å²) in [5.74, 6) is -2.83. The molecule has 0 saturated heterocycles. The number of carbonyl (C=O) groups is 3. The molecule has 45 heavy (non-hydrogen) atoms. The highest BCUT2D eigenvalue weighted by atomic mass is 35.5. The van der Waals surface area contributed by atoms with Crippen LogP contribution in [0.25, 0.3) is 0 Å². The Morgan fingerprint density at radius 3 is 2.44 bits per heavy atom. The van der Waals surface area contributed by atoms with Gasteiger partial charge in [-0.3, -0.25) is 19.2 Å². The largest absolute Gasteiger partial charge is 0.481 e. The maximum absolute atomic E-state index is 14.3. The molecule has 0 spiro atoms. The van der Waals surface area contributed by atoms with Crippen molar-refractivity contribution in [2.75, 3.05) is 6.26 Å². The first-order chi connectivity index (χ1) is 21.4. The second-order valence-corrected chi connectivity index (χ2v) is 14.0. The monoisotopic (exact) mass is 673 g/mol. The second kappa shape index (κ2) is 13.9. The van der Waals surface area contributed by atoms with Crippen LogP contribution in [0.15, 0.2) is 66.7 Å². The smallest absolute Gasteiger partial charge is 0.307 e. The lowest BCUT2D eigenvalue weighted by Gasteiger charge is -2.49. The van der Waals surface area contributed by atoms with E-state index in [4.69, 9.17) is 33.1 Å². The van der Waals surface area contributed by atoms with E-state index in [2.05, 4.69) is 10.2 Å². The first-order valence-electron chi connectivity index (χ1n) is 14.5. The minimum atomic E-state index is -3.61. The Labute approximate surface area is 271 Å². The van der Waals surface area contributed by atoms with Gasteiger partial charge >= 0.3 is 5.97 Å². The molecule has 2 aliphatic rings. The van der Waals surface area contributed by atoms with Gasteiger partial charge in [-0.05, 0) is 53.3 Å². The summed E-state index contributed by atoms with van der Waals surface area (Å²) in [6.07, 6.45) is 3.51. The molecule has 1 aliphatic carbocycles. The number of nitrogens with zero attached hydrogens (tertiary/aromatic N) is 1. The zero-order chi connectivity index (χ0) is 32.3. The lowest BCUT2D eigenvalue weighted by molar-refractivity contribution is -0.138. The Kier molecular flexibility index (Phi) is 10.1. The maximum Gasteiger partial charge on any atom is 0.307 e. The van der Waals surface area contributed by atoms with Crippen molar-refractivity contribution in [1.82, 2.24) is 15.1 Å². The summed E-state index contributed by atoms with van der Waals surface area (Å²) >= 11 is 13.0. The van der Waals surface area contributed by atoms with E-state index in [1.54, 1.807) is 71.6 Å². The van der Waals surface area contributed by atoms with E-state index in [9.17, 15) is 22.8 Å². The first-order valence-corrected chi connectivity index (χ1v) is 17.1. The van der Waals surface area contributed by atoms with Crippen LogP contribution >= 0.6 is 23.2 Å². The molecule has 10 nitrogen and oxygen atoms in total. The van der Waals surface area contributed by atoms with Crippen molar-refractivity contribution >= 4 is 51.0 Å². The van der Waals surface area contributed by atoms with Crippen molar-refractivity contribution in [1.29, 1.82) is 0 Å². The predicted molar refractivity (Wildman–Crippen MR) is 169 cm³/mol. The van der Waals surface area contributed by atoms with Crippen LogP contribution in [0.2, 0.25) is 10.0 Å². The minimum absolute atomic E-state index is 0.0362. The third-order valence-electron chi connectivity index (χ3n) is 8.15.